The lowest BCUT2D eigenvalue weighted by molar-refractivity contribution is 0.411. The fraction of sp³-hybridized carbons (Fsp3) is 0.422. The second-order valence-electron chi connectivity index (χ2n) is 15.9. The van der Waals surface area contributed by atoms with Crippen LogP contribution in [0.25, 0.3) is 0 Å². The predicted molar refractivity (Wildman–Crippen MR) is 203 cm³/mol. The van der Waals surface area contributed by atoms with Gasteiger partial charge in [-0.1, -0.05) is 133 Å². The summed E-state index contributed by atoms with van der Waals surface area (Å²) in [5, 5.41) is 27.8. The van der Waals surface area contributed by atoms with E-state index in [0.29, 0.717) is 45.8 Å². The minimum absolute atomic E-state index is 0.158. The Bertz CT molecular complexity index is 1530. The zero-order chi connectivity index (χ0) is 34.8. The highest BCUT2D eigenvalue weighted by Gasteiger charge is 2.22. The third-order valence-corrected chi connectivity index (χ3v) is 9.95. The van der Waals surface area contributed by atoms with Gasteiger partial charge in [-0.15, -0.1) is 0 Å². The number of aromatic hydroxyl groups is 3. The van der Waals surface area contributed by atoms with Gasteiger partial charge >= 0.3 is 0 Å². The lowest BCUT2D eigenvalue weighted by Crippen LogP contribution is -2.07. The first kappa shape index (κ1) is 36.8. The fourth-order valence-corrected chi connectivity index (χ4v) is 6.67. The van der Waals surface area contributed by atoms with Crippen LogP contribution in [-0.4, -0.2) is 15.3 Å². The third-order valence-electron chi connectivity index (χ3n) is 9.95. The van der Waals surface area contributed by atoms with Gasteiger partial charge in [-0.25, -0.2) is 0 Å². The van der Waals surface area contributed by atoms with Crippen LogP contribution in [0.3, 0.4) is 0 Å². The Labute approximate surface area is 290 Å². The highest BCUT2D eigenvalue weighted by molar-refractivity contribution is 5.33. The number of phenols is 3. The Morgan fingerprint density at radius 2 is 0.958 bits per heavy atom. The molecular weight excluding hydrogens is 588 g/mol. The van der Waals surface area contributed by atoms with E-state index in [1.54, 1.807) is 36.4 Å². The van der Waals surface area contributed by atoms with Crippen molar-refractivity contribution >= 4 is 0 Å². The molecule has 3 N–H and O–H groups in total. The van der Waals surface area contributed by atoms with Gasteiger partial charge in [-0.05, 0) is 108 Å². The van der Waals surface area contributed by atoms with Crippen molar-refractivity contribution in [3.63, 3.8) is 0 Å². The molecule has 0 heterocycles. The van der Waals surface area contributed by atoms with Gasteiger partial charge in [-0.3, -0.25) is 0 Å². The monoisotopic (exact) mass is 646 g/mol. The molecule has 0 fully saturated rings. The molecule has 3 nitrogen and oxygen atoms in total. The van der Waals surface area contributed by atoms with Crippen molar-refractivity contribution < 1.29 is 15.3 Å². The maximum atomic E-state index is 9.28. The summed E-state index contributed by atoms with van der Waals surface area (Å²) in [4.78, 5) is 0. The molecule has 0 bridgehead atoms. The quantitative estimate of drug-likeness (QED) is 0.248. The number of benzene rings is 3. The van der Waals surface area contributed by atoms with Crippen LogP contribution in [0.1, 0.15) is 121 Å². The summed E-state index contributed by atoms with van der Waals surface area (Å²) in [6.07, 6.45) is 26.7. The summed E-state index contributed by atoms with van der Waals surface area (Å²) >= 11 is 0. The number of phenolic OH excluding ortho intramolecular Hbond substituents is 3. The van der Waals surface area contributed by atoms with Crippen LogP contribution < -0.4 is 0 Å². The Morgan fingerprint density at radius 1 is 0.479 bits per heavy atom. The summed E-state index contributed by atoms with van der Waals surface area (Å²) in [5.74, 6) is 2.59. The first-order valence-corrected chi connectivity index (χ1v) is 17.8. The third kappa shape index (κ3) is 11.9. The van der Waals surface area contributed by atoms with Crippen LogP contribution in [0, 0.1) is 16.2 Å². The molecule has 0 spiro atoms. The van der Waals surface area contributed by atoms with Crippen molar-refractivity contribution in [1.82, 2.24) is 0 Å². The second-order valence-corrected chi connectivity index (χ2v) is 15.9. The lowest BCUT2D eigenvalue weighted by atomic mass is 9.85. The molecule has 256 valence electrons. The summed E-state index contributed by atoms with van der Waals surface area (Å²) in [6, 6.07) is 22.8. The zero-order valence-corrected chi connectivity index (χ0v) is 30.1. The second kappa shape index (κ2) is 16.4. The first-order valence-electron chi connectivity index (χ1n) is 17.8. The topological polar surface area (TPSA) is 60.7 Å². The Kier molecular flexibility index (Phi) is 12.6. The molecule has 0 saturated heterocycles. The van der Waals surface area contributed by atoms with Crippen LogP contribution in [-0.2, 0) is 0 Å². The highest BCUT2D eigenvalue weighted by Crippen LogP contribution is 2.37. The molecule has 0 amide bonds. The van der Waals surface area contributed by atoms with Gasteiger partial charge in [0.25, 0.3) is 0 Å². The number of rotatable bonds is 3. The highest BCUT2D eigenvalue weighted by atomic mass is 16.3. The molecule has 0 aliphatic heterocycles. The van der Waals surface area contributed by atoms with Crippen molar-refractivity contribution in [1.29, 1.82) is 0 Å². The molecule has 48 heavy (non-hydrogen) atoms. The lowest BCUT2D eigenvalue weighted by Gasteiger charge is -2.20. The van der Waals surface area contributed by atoms with Crippen LogP contribution in [0.2, 0.25) is 0 Å². The molecule has 3 aliphatic rings. The molecular formula is C45H58O3. The summed E-state index contributed by atoms with van der Waals surface area (Å²) in [7, 11) is 0. The molecule has 0 aromatic heterocycles. The maximum absolute atomic E-state index is 9.28. The molecule has 0 saturated carbocycles. The summed E-state index contributed by atoms with van der Waals surface area (Å²) in [6.45, 7) is 13.6. The van der Waals surface area contributed by atoms with Gasteiger partial charge in [0, 0.05) is 17.3 Å². The molecule has 6 rings (SSSR count). The zero-order valence-electron chi connectivity index (χ0n) is 30.1. The van der Waals surface area contributed by atoms with Gasteiger partial charge in [0.15, 0.2) is 0 Å². The summed E-state index contributed by atoms with van der Waals surface area (Å²) in [5.41, 5.74) is 4.76. The van der Waals surface area contributed by atoms with E-state index in [1.165, 1.54) is 48.8 Å². The van der Waals surface area contributed by atoms with E-state index >= 15 is 0 Å². The van der Waals surface area contributed by atoms with E-state index in [9.17, 15) is 15.3 Å². The Morgan fingerprint density at radius 3 is 1.54 bits per heavy atom. The first-order chi connectivity index (χ1) is 22.7. The molecule has 0 radical (unpaired) electrons. The standard InChI is InChI=1S/2C15H20O.C15H18O/c3*1-15(2)10-3-4-12(9-11-15)13-5-7-14(16)8-6-13/h5-9,11-12,16H,3-4,10H2,1-2H3;3,5-8,10,12,16H,4,9,11H2,1-2H3;3,5-12,16H,4H2,1-2H3. The van der Waals surface area contributed by atoms with E-state index in [1.807, 2.05) is 36.4 Å². The Hall–Kier alpha value is -3.98. The number of hydrogen-bond donors (Lipinski definition) is 3. The minimum atomic E-state index is 0.158. The minimum Gasteiger partial charge on any atom is -0.508 e. The Balaban J connectivity index is 0.000000163. The molecule has 3 aromatic carbocycles. The van der Waals surface area contributed by atoms with E-state index < -0.39 is 0 Å². The van der Waals surface area contributed by atoms with Crippen LogP contribution in [0.4, 0.5) is 0 Å². The van der Waals surface area contributed by atoms with E-state index in [0.717, 1.165) is 12.8 Å². The fourth-order valence-electron chi connectivity index (χ4n) is 6.67. The van der Waals surface area contributed by atoms with Gasteiger partial charge in [0.05, 0.1) is 0 Å². The number of allylic oxidation sites excluding steroid dienone is 8. The SMILES string of the molecule is CC1(C)C=CC(c2ccc(O)cc2)CCC1.CC1(C)C=CCC(c2ccc(O)cc2)C=C1.CC1(C)C=CCC(c2ccc(O)cc2)CC1. The van der Waals surface area contributed by atoms with Gasteiger partial charge in [-0.2, -0.15) is 0 Å². The average Bonchev–Trinajstić information content (AvgIpc) is 3.43. The van der Waals surface area contributed by atoms with Crippen LogP contribution in [0.5, 0.6) is 17.2 Å². The largest absolute Gasteiger partial charge is 0.508 e. The van der Waals surface area contributed by atoms with Crippen molar-refractivity contribution in [3.8, 4) is 17.2 Å². The molecule has 3 atom stereocenters. The molecule has 3 heteroatoms. The number of hydrogen-bond acceptors (Lipinski definition) is 3. The van der Waals surface area contributed by atoms with Crippen molar-refractivity contribution in [2.24, 2.45) is 16.2 Å². The van der Waals surface area contributed by atoms with Crippen molar-refractivity contribution in [2.45, 2.75) is 104 Å². The van der Waals surface area contributed by atoms with Gasteiger partial charge < -0.3 is 15.3 Å². The molecule has 3 aromatic rings. The van der Waals surface area contributed by atoms with E-state index in [-0.39, 0.29) is 5.41 Å². The van der Waals surface area contributed by atoms with Crippen molar-refractivity contribution in [3.05, 3.63) is 138 Å². The molecule has 3 unspecified atom stereocenters. The van der Waals surface area contributed by atoms with Crippen LogP contribution >= 0.6 is 0 Å². The van der Waals surface area contributed by atoms with E-state index in [2.05, 4.69) is 90.2 Å². The maximum Gasteiger partial charge on any atom is 0.115 e. The van der Waals surface area contributed by atoms with Crippen molar-refractivity contribution in [2.75, 3.05) is 0 Å². The predicted octanol–water partition coefficient (Wildman–Crippen LogP) is 12.5. The molecule has 3 aliphatic carbocycles. The van der Waals surface area contributed by atoms with Gasteiger partial charge in [0.1, 0.15) is 17.2 Å². The van der Waals surface area contributed by atoms with E-state index in [4.69, 9.17) is 0 Å². The normalized spacial score (nSPS) is 23.7. The summed E-state index contributed by atoms with van der Waals surface area (Å²) < 4.78 is 0. The smallest absolute Gasteiger partial charge is 0.115 e. The van der Waals surface area contributed by atoms with Gasteiger partial charge in [0.2, 0.25) is 0 Å². The average molecular weight is 647 g/mol. The van der Waals surface area contributed by atoms with Crippen LogP contribution in [0.15, 0.2) is 121 Å².